The number of hydrogen-bond donors (Lipinski definition) is 1. The Balaban J connectivity index is 2.23. The van der Waals surface area contributed by atoms with Gasteiger partial charge in [0.2, 0.25) is 11.8 Å². The van der Waals surface area contributed by atoms with Crippen molar-refractivity contribution >= 4 is 23.2 Å². The van der Waals surface area contributed by atoms with E-state index in [9.17, 15) is 9.59 Å². The average molecular weight is 347 g/mol. The number of anilines is 2. The van der Waals surface area contributed by atoms with Crippen LogP contribution in [0.4, 0.5) is 11.4 Å². The fourth-order valence-corrected chi connectivity index (χ4v) is 2.76. The Kier molecular flexibility index (Phi) is 6.82. The van der Waals surface area contributed by atoms with Gasteiger partial charge in [0.1, 0.15) is 6.61 Å². The largest absolute Gasteiger partial charge is 0.377 e. The van der Waals surface area contributed by atoms with Gasteiger partial charge in [0, 0.05) is 52.1 Å². The van der Waals surface area contributed by atoms with Gasteiger partial charge in [0.25, 0.3) is 0 Å². The topological polar surface area (TPSA) is 61.9 Å². The fourth-order valence-electron chi connectivity index (χ4n) is 2.76. The predicted octanol–water partition coefficient (Wildman–Crippen LogP) is 2.49. The Bertz CT molecular complexity index is 612. The third kappa shape index (κ3) is 5.74. The number of amides is 2. The highest BCUT2D eigenvalue weighted by molar-refractivity contribution is 5.91. The zero-order valence-electron chi connectivity index (χ0n) is 15.7. The van der Waals surface area contributed by atoms with Gasteiger partial charge >= 0.3 is 0 Å². The van der Waals surface area contributed by atoms with Gasteiger partial charge in [-0.05, 0) is 42.5 Å². The molecule has 1 aliphatic rings. The van der Waals surface area contributed by atoms with Crippen LogP contribution in [0.3, 0.4) is 0 Å². The molecule has 0 atom stereocenters. The lowest BCUT2D eigenvalue weighted by Gasteiger charge is -2.26. The van der Waals surface area contributed by atoms with Crippen LogP contribution in [0.25, 0.3) is 0 Å². The molecule has 6 nitrogen and oxygen atoms in total. The second kappa shape index (κ2) is 8.85. The number of rotatable bonds is 9. The minimum Gasteiger partial charge on any atom is -0.377 e. The number of benzene rings is 1. The maximum absolute atomic E-state index is 12.4. The summed E-state index contributed by atoms with van der Waals surface area (Å²) in [6.45, 7) is 3.20. The second-order valence-corrected chi connectivity index (χ2v) is 6.79. The lowest BCUT2D eigenvalue weighted by atomic mass is 10.1. The average Bonchev–Trinajstić information content (AvgIpc) is 3.38. The number of ether oxygens (including phenoxy) is 1. The maximum atomic E-state index is 12.4. The molecule has 1 saturated carbocycles. The van der Waals surface area contributed by atoms with E-state index < -0.39 is 0 Å². The zero-order chi connectivity index (χ0) is 18.4. The van der Waals surface area contributed by atoms with Gasteiger partial charge in [-0.2, -0.15) is 0 Å². The molecule has 2 amide bonds. The zero-order valence-corrected chi connectivity index (χ0v) is 15.7. The quantitative estimate of drug-likeness (QED) is 0.745. The van der Waals surface area contributed by atoms with Crippen LogP contribution in [0, 0.1) is 5.92 Å². The summed E-state index contributed by atoms with van der Waals surface area (Å²) in [6.07, 6.45) is 2.80. The number of methoxy groups -OCH3 is 1. The van der Waals surface area contributed by atoms with Crippen molar-refractivity contribution in [2.45, 2.75) is 32.7 Å². The monoisotopic (exact) mass is 347 g/mol. The van der Waals surface area contributed by atoms with Crippen molar-refractivity contribution in [3.05, 3.63) is 23.8 Å². The molecule has 0 radical (unpaired) electrons. The molecule has 0 spiro atoms. The predicted molar refractivity (Wildman–Crippen MR) is 99.7 cm³/mol. The Labute approximate surface area is 150 Å². The van der Waals surface area contributed by atoms with E-state index in [1.807, 2.05) is 49.0 Å². The van der Waals surface area contributed by atoms with Gasteiger partial charge in [-0.15, -0.1) is 0 Å². The van der Waals surface area contributed by atoms with E-state index >= 15 is 0 Å². The summed E-state index contributed by atoms with van der Waals surface area (Å²) in [4.78, 5) is 28.0. The highest BCUT2D eigenvalue weighted by Gasteiger charge is 2.27. The van der Waals surface area contributed by atoms with Crippen molar-refractivity contribution < 1.29 is 14.3 Å². The van der Waals surface area contributed by atoms with Crippen LogP contribution in [0.1, 0.15) is 31.7 Å². The molecule has 0 unspecified atom stereocenters. The van der Waals surface area contributed by atoms with Gasteiger partial charge < -0.3 is 19.9 Å². The van der Waals surface area contributed by atoms with Crippen LogP contribution in [0.2, 0.25) is 0 Å². The maximum Gasteiger partial charge on any atom is 0.248 e. The minimum atomic E-state index is -0.0196. The molecule has 1 aromatic carbocycles. The lowest BCUT2D eigenvalue weighted by molar-refractivity contribution is -0.136. The smallest absolute Gasteiger partial charge is 0.248 e. The molecule has 25 heavy (non-hydrogen) atoms. The molecule has 1 aliphatic carbocycles. The standard InChI is InChI=1S/C19H29N3O3/c1-5-18(23)20-16-8-9-17(21(2)3)15(10-16)12-22(11-14-6-7-14)19(24)13-25-4/h8-10,14H,5-7,11-13H2,1-4H3,(H,20,23). The van der Waals surface area contributed by atoms with Crippen molar-refractivity contribution in [2.24, 2.45) is 5.92 Å². The summed E-state index contributed by atoms with van der Waals surface area (Å²) in [5.74, 6) is 0.586. The third-order valence-corrected chi connectivity index (χ3v) is 4.32. The number of nitrogens with one attached hydrogen (secondary N) is 1. The van der Waals surface area contributed by atoms with Crippen LogP contribution in [0.5, 0.6) is 0 Å². The van der Waals surface area contributed by atoms with Gasteiger partial charge in [0.15, 0.2) is 0 Å². The molecule has 0 heterocycles. The van der Waals surface area contributed by atoms with Crippen LogP contribution in [-0.2, 0) is 20.9 Å². The Morgan fingerprint density at radius 1 is 1.28 bits per heavy atom. The minimum absolute atomic E-state index is 0.00195. The van der Waals surface area contributed by atoms with Crippen molar-refractivity contribution in [1.29, 1.82) is 0 Å². The van der Waals surface area contributed by atoms with Crippen molar-refractivity contribution in [1.82, 2.24) is 4.90 Å². The summed E-state index contributed by atoms with van der Waals surface area (Å²) in [7, 11) is 5.50. The molecule has 1 N–H and O–H groups in total. The van der Waals surface area contributed by atoms with Crippen LogP contribution < -0.4 is 10.2 Å². The van der Waals surface area contributed by atoms with Gasteiger partial charge in [-0.3, -0.25) is 9.59 Å². The lowest BCUT2D eigenvalue weighted by Crippen LogP contribution is -2.35. The number of carbonyl (C=O) groups excluding carboxylic acids is 2. The highest BCUT2D eigenvalue weighted by atomic mass is 16.5. The van der Waals surface area contributed by atoms with E-state index in [-0.39, 0.29) is 18.4 Å². The molecular weight excluding hydrogens is 318 g/mol. The molecular formula is C19H29N3O3. The number of nitrogens with zero attached hydrogens (tertiary/aromatic N) is 2. The van der Waals surface area contributed by atoms with E-state index in [4.69, 9.17) is 4.74 Å². The summed E-state index contributed by atoms with van der Waals surface area (Å²) in [5, 5.41) is 2.89. The number of carbonyl (C=O) groups is 2. The molecule has 0 bridgehead atoms. The van der Waals surface area contributed by atoms with Crippen molar-refractivity contribution in [3.63, 3.8) is 0 Å². The summed E-state index contributed by atoms with van der Waals surface area (Å²) in [6, 6.07) is 5.84. The van der Waals surface area contributed by atoms with Crippen molar-refractivity contribution in [3.8, 4) is 0 Å². The molecule has 0 aromatic heterocycles. The van der Waals surface area contributed by atoms with Gasteiger partial charge in [-0.1, -0.05) is 6.92 Å². The van der Waals surface area contributed by atoms with E-state index in [0.717, 1.165) is 23.5 Å². The first-order chi connectivity index (χ1) is 11.9. The molecule has 6 heteroatoms. The van der Waals surface area contributed by atoms with Gasteiger partial charge in [-0.25, -0.2) is 0 Å². The van der Waals surface area contributed by atoms with E-state index in [2.05, 4.69) is 5.32 Å². The molecule has 138 valence electrons. The summed E-state index contributed by atoms with van der Waals surface area (Å²) < 4.78 is 5.03. The highest BCUT2D eigenvalue weighted by Crippen LogP contribution is 2.31. The molecule has 1 fully saturated rings. The van der Waals surface area contributed by atoms with Crippen LogP contribution in [-0.4, -0.2) is 51.1 Å². The van der Waals surface area contributed by atoms with E-state index in [1.54, 1.807) is 7.11 Å². The van der Waals surface area contributed by atoms with Crippen molar-refractivity contribution in [2.75, 3.05) is 44.6 Å². The van der Waals surface area contributed by atoms with E-state index in [0.29, 0.717) is 18.9 Å². The molecule has 0 aliphatic heterocycles. The Hall–Kier alpha value is -2.08. The molecule has 2 rings (SSSR count). The summed E-state index contributed by atoms with van der Waals surface area (Å²) >= 11 is 0. The first-order valence-corrected chi connectivity index (χ1v) is 8.81. The number of hydrogen-bond acceptors (Lipinski definition) is 4. The summed E-state index contributed by atoms with van der Waals surface area (Å²) in [5.41, 5.74) is 2.82. The first kappa shape index (κ1) is 19.2. The fraction of sp³-hybridized carbons (Fsp3) is 0.579. The Morgan fingerprint density at radius 2 is 2.00 bits per heavy atom. The SMILES string of the molecule is CCC(=O)Nc1ccc(N(C)C)c(CN(CC2CC2)C(=O)COC)c1. The molecule has 1 aromatic rings. The Morgan fingerprint density at radius 3 is 2.56 bits per heavy atom. The third-order valence-electron chi connectivity index (χ3n) is 4.32. The van der Waals surface area contributed by atoms with Crippen LogP contribution >= 0.6 is 0 Å². The van der Waals surface area contributed by atoms with Crippen LogP contribution in [0.15, 0.2) is 18.2 Å². The second-order valence-electron chi connectivity index (χ2n) is 6.79. The molecule has 0 saturated heterocycles. The normalized spacial score (nSPS) is 13.4. The van der Waals surface area contributed by atoms with E-state index in [1.165, 1.54) is 12.8 Å². The van der Waals surface area contributed by atoms with Gasteiger partial charge in [0.05, 0.1) is 0 Å². The first-order valence-electron chi connectivity index (χ1n) is 8.81.